The van der Waals surface area contributed by atoms with Crippen LogP contribution in [0.3, 0.4) is 0 Å². The van der Waals surface area contributed by atoms with E-state index >= 15 is 0 Å². The van der Waals surface area contributed by atoms with E-state index in [-0.39, 0.29) is 6.54 Å². The van der Waals surface area contributed by atoms with Crippen molar-refractivity contribution in [3.8, 4) is 11.5 Å². The van der Waals surface area contributed by atoms with Crippen LogP contribution in [0.2, 0.25) is 0 Å². The maximum atomic E-state index is 10.5. The Bertz CT molecular complexity index is 487. The van der Waals surface area contributed by atoms with Gasteiger partial charge in [-0.2, -0.15) is 5.10 Å². The van der Waals surface area contributed by atoms with Crippen molar-refractivity contribution in [2.24, 2.45) is 7.05 Å². The Hall–Kier alpha value is -2.25. The maximum Gasteiger partial charge on any atom is 0.325 e. The zero-order chi connectivity index (χ0) is 10.8. The SMILES string of the molecule is Cn1ccc(-c2nnnn2CC(=O)O)n1. The van der Waals surface area contributed by atoms with E-state index < -0.39 is 5.97 Å². The van der Waals surface area contributed by atoms with Crippen molar-refractivity contribution < 1.29 is 9.90 Å². The minimum absolute atomic E-state index is 0.279. The standard InChI is InChI=1S/C7H8N6O2/c1-12-3-2-5(9-12)7-8-10-11-13(7)4-6(14)15/h2-3H,4H2,1H3,(H,14,15). The molecule has 15 heavy (non-hydrogen) atoms. The van der Waals surface area contributed by atoms with E-state index in [9.17, 15) is 4.79 Å². The molecule has 0 saturated carbocycles. The van der Waals surface area contributed by atoms with Gasteiger partial charge in [0.1, 0.15) is 12.2 Å². The van der Waals surface area contributed by atoms with E-state index in [0.717, 1.165) is 0 Å². The predicted molar refractivity (Wildman–Crippen MR) is 47.7 cm³/mol. The van der Waals surface area contributed by atoms with Crippen molar-refractivity contribution in [1.82, 2.24) is 30.0 Å². The average molecular weight is 208 g/mol. The molecule has 0 saturated heterocycles. The van der Waals surface area contributed by atoms with Gasteiger partial charge >= 0.3 is 5.97 Å². The molecule has 0 bridgehead atoms. The van der Waals surface area contributed by atoms with Crippen LogP contribution < -0.4 is 0 Å². The van der Waals surface area contributed by atoms with Crippen LogP contribution in [-0.4, -0.2) is 41.1 Å². The zero-order valence-corrected chi connectivity index (χ0v) is 7.90. The molecule has 0 aliphatic heterocycles. The number of carbonyl (C=O) groups is 1. The number of hydrogen-bond acceptors (Lipinski definition) is 5. The third-order valence-electron chi connectivity index (χ3n) is 1.76. The summed E-state index contributed by atoms with van der Waals surface area (Å²) in [4.78, 5) is 10.5. The van der Waals surface area contributed by atoms with Crippen LogP contribution in [0.15, 0.2) is 12.3 Å². The van der Waals surface area contributed by atoms with E-state index in [2.05, 4.69) is 20.6 Å². The van der Waals surface area contributed by atoms with E-state index in [1.165, 1.54) is 4.68 Å². The maximum absolute atomic E-state index is 10.5. The summed E-state index contributed by atoms with van der Waals surface area (Å²) in [6, 6.07) is 1.71. The second-order valence-corrected chi connectivity index (χ2v) is 2.93. The van der Waals surface area contributed by atoms with Crippen LogP contribution in [0.5, 0.6) is 0 Å². The van der Waals surface area contributed by atoms with E-state index in [0.29, 0.717) is 11.5 Å². The second-order valence-electron chi connectivity index (χ2n) is 2.93. The Labute approximate surface area is 84.1 Å². The summed E-state index contributed by atoms with van der Waals surface area (Å²) in [5.74, 6) is -0.655. The van der Waals surface area contributed by atoms with E-state index in [1.54, 1.807) is 24.0 Å². The van der Waals surface area contributed by atoms with Crippen LogP contribution in [0, 0.1) is 0 Å². The Balaban J connectivity index is 2.36. The Kier molecular flexibility index (Phi) is 2.16. The van der Waals surface area contributed by atoms with Gasteiger partial charge in [0.15, 0.2) is 0 Å². The molecule has 8 nitrogen and oxygen atoms in total. The minimum Gasteiger partial charge on any atom is -0.480 e. The number of aromatic nitrogens is 6. The molecule has 0 aliphatic carbocycles. The lowest BCUT2D eigenvalue weighted by molar-refractivity contribution is -0.137. The molecule has 2 aromatic heterocycles. The number of carboxylic acid groups (broad SMARTS) is 1. The summed E-state index contributed by atoms with van der Waals surface area (Å²) in [6.45, 7) is -0.279. The number of hydrogen-bond donors (Lipinski definition) is 1. The molecule has 0 fully saturated rings. The second kappa shape index (κ2) is 3.48. The number of aliphatic carboxylic acids is 1. The average Bonchev–Trinajstić information content (AvgIpc) is 2.72. The van der Waals surface area contributed by atoms with Gasteiger partial charge in [0, 0.05) is 13.2 Å². The Morgan fingerprint density at radius 1 is 1.60 bits per heavy atom. The van der Waals surface area contributed by atoms with Gasteiger partial charge in [-0.3, -0.25) is 9.48 Å². The first-order valence-corrected chi connectivity index (χ1v) is 4.15. The largest absolute Gasteiger partial charge is 0.480 e. The molecule has 0 atom stereocenters. The summed E-state index contributed by atoms with van der Waals surface area (Å²) < 4.78 is 2.78. The van der Waals surface area contributed by atoms with Crippen molar-refractivity contribution in [1.29, 1.82) is 0 Å². The first-order valence-electron chi connectivity index (χ1n) is 4.15. The molecule has 0 spiro atoms. The smallest absolute Gasteiger partial charge is 0.325 e. The highest BCUT2D eigenvalue weighted by atomic mass is 16.4. The van der Waals surface area contributed by atoms with Crippen molar-refractivity contribution in [2.45, 2.75) is 6.54 Å². The fourth-order valence-corrected chi connectivity index (χ4v) is 1.16. The first kappa shape index (κ1) is 9.31. The van der Waals surface area contributed by atoms with Gasteiger partial charge in [-0.15, -0.1) is 5.10 Å². The van der Waals surface area contributed by atoms with E-state index in [4.69, 9.17) is 5.11 Å². The molecule has 2 aromatic rings. The Morgan fingerprint density at radius 2 is 2.40 bits per heavy atom. The van der Waals surface area contributed by atoms with Crippen LogP contribution in [0.4, 0.5) is 0 Å². The van der Waals surface area contributed by atoms with Crippen LogP contribution in [0.25, 0.3) is 11.5 Å². The van der Waals surface area contributed by atoms with Crippen LogP contribution in [0.1, 0.15) is 0 Å². The van der Waals surface area contributed by atoms with Gasteiger partial charge < -0.3 is 5.11 Å². The predicted octanol–water partition coefficient (Wildman–Crippen LogP) is -0.842. The molecule has 0 radical (unpaired) electrons. The van der Waals surface area contributed by atoms with Crippen molar-refractivity contribution in [3.05, 3.63) is 12.3 Å². The summed E-state index contributed by atoms with van der Waals surface area (Å²) in [7, 11) is 1.76. The Morgan fingerprint density at radius 3 is 3.00 bits per heavy atom. The van der Waals surface area contributed by atoms with Crippen LogP contribution in [-0.2, 0) is 18.4 Å². The van der Waals surface area contributed by atoms with Crippen molar-refractivity contribution in [3.63, 3.8) is 0 Å². The molecular weight excluding hydrogens is 200 g/mol. The zero-order valence-electron chi connectivity index (χ0n) is 7.90. The highest BCUT2D eigenvalue weighted by Gasteiger charge is 2.13. The molecular formula is C7H8N6O2. The lowest BCUT2D eigenvalue weighted by atomic mass is 10.4. The molecule has 2 heterocycles. The number of rotatable bonds is 3. The van der Waals surface area contributed by atoms with Crippen molar-refractivity contribution >= 4 is 5.97 Å². The molecule has 8 heteroatoms. The third-order valence-corrected chi connectivity index (χ3v) is 1.76. The highest BCUT2D eigenvalue weighted by molar-refractivity contribution is 5.67. The van der Waals surface area contributed by atoms with Gasteiger partial charge in [-0.05, 0) is 16.5 Å². The summed E-state index contributed by atoms with van der Waals surface area (Å²) in [5, 5.41) is 23.4. The number of carboxylic acids is 1. The molecule has 0 amide bonds. The summed E-state index contributed by atoms with van der Waals surface area (Å²) in [6.07, 6.45) is 1.73. The van der Waals surface area contributed by atoms with Gasteiger partial charge in [0.2, 0.25) is 5.82 Å². The van der Waals surface area contributed by atoms with Gasteiger partial charge in [-0.25, -0.2) is 4.68 Å². The lowest BCUT2D eigenvalue weighted by Gasteiger charge is -1.97. The normalized spacial score (nSPS) is 10.5. The molecule has 0 aromatic carbocycles. The molecule has 78 valence electrons. The highest BCUT2D eigenvalue weighted by Crippen LogP contribution is 2.11. The lowest BCUT2D eigenvalue weighted by Crippen LogP contribution is -2.11. The number of nitrogens with zero attached hydrogens (tertiary/aromatic N) is 6. The topological polar surface area (TPSA) is 98.7 Å². The van der Waals surface area contributed by atoms with Gasteiger partial charge in [0.25, 0.3) is 0 Å². The van der Waals surface area contributed by atoms with Crippen LogP contribution >= 0.6 is 0 Å². The first-order chi connectivity index (χ1) is 7.16. The fraction of sp³-hybridized carbons (Fsp3) is 0.286. The molecule has 0 unspecified atom stereocenters. The fourth-order valence-electron chi connectivity index (χ4n) is 1.16. The summed E-state index contributed by atoms with van der Waals surface area (Å²) >= 11 is 0. The summed E-state index contributed by atoms with van der Waals surface area (Å²) in [5.41, 5.74) is 0.545. The minimum atomic E-state index is -1.00. The van der Waals surface area contributed by atoms with Crippen molar-refractivity contribution in [2.75, 3.05) is 0 Å². The quantitative estimate of drug-likeness (QED) is 0.705. The van der Waals surface area contributed by atoms with Gasteiger partial charge in [0.05, 0.1) is 0 Å². The molecule has 1 N–H and O–H groups in total. The van der Waals surface area contributed by atoms with E-state index in [1.807, 2.05) is 0 Å². The number of tetrazole rings is 1. The molecule has 2 rings (SSSR count). The number of aryl methyl sites for hydroxylation is 1. The molecule has 0 aliphatic rings. The monoisotopic (exact) mass is 208 g/mol. The van der Waals surface area contributed by atoms with Gasteiger partial charge in [-0.1, -0.05) is 0 Å². The third kappa shape index (κ3) is 1.82.